The maximum absolute atomic E-state index is 5.86. The van der Waals surface area contributed by atoms with Crippen LogP contribution in [-0.4, -0.2) is 36.3 Å². The van der Waals surface area contributed by atoms with Crippen LogP contribution < -0.4 is 10.1 Å². The van der Waals surface area contributed by atoms with Crippen molar-refractivity contribution in [3.05, 3.63) is 18.1 Å². The summed E-state index contributed by atoms with van der Waals surface area (Å²) in [4.78, 5) is 8.57. The first kappa shape index (κ1) is 12.3. The van der Waals surface area contributed by atoms with Gasteiger partial charge in [0.05, 0.1) is 18.8 Å². The van der Waals surface area contributed by atoms with Crippen LogP contribution in [0.25, 0.3) is 0 Å². The molecule has 1 aliphatic heterocycles. The van der Waals surface area contributed by atoms with Gasteiger partial charge < -0.3 is 14.8 Å². The number of methoxy groups -OCH3 is 1. The highest BCUT2D eigenvalue weighted by Gasteiger charge is 2.40. The minimum Gasteiger partial charge on any atom is -0.480 e. The van der Waals surface area contributed by atoms with E-state index in [1.165, 1.54) is 0 Å². The molecule has 2 unspecified atom stereocenters. The number of hydrogen-bond acceptors (Lipinski definition) is 5. The van der Waals surface area contributed by atoms with Crippen molar-refractivity contribution in [1.82, 2.24) is 15.3 Å². The fourth-order valence-corrected chi connectivity index (χ4v) is 2.45. The van der Waals surface area contributed by atoms with E-state index >= 15 is 0 Å². The topological polar surface area (TPSA) is 56.3 Å². The molecule has 0 spiro atoms. The quantitative estimate of drug-likeness (QED) is 0.855. The Morgan fingerprint density at radius 1 is 1.47 bits per heavy atom. The van der Waals surface area contributed by atoms with Crippen molar-refractivity contribution in [1.29, 1.82) is 0 Å². The molecule has 94 valence electrons. The van der Waals surface area contributed by atoms with E-state index in [9.17, 15) is 0 Å². The number of aromatic nitrogens is 2. The Bertz CT molecular complexity index is 378. The highest BCUT2D eigenvalue weighted by atomic mass is 16.5. The Kier molecular flexibility index (Phi) is 3.59. The van der Waals surface area contributed by atoms with Crippen molar-refractivity contribution in [3.63, 3.8) is 0 Å². The lowest BCUT2D eigenvalue weighted by Gasteiger charge is -2.32. The van der Waals surface area contributed by atoms with E-state index in [1.54, 1.807) is 19.5 Å². The monoisotopic (exact) mass is 237 g/mol. The van der Waals surface area contributed by atoms with E-state index in [1.807, 2.05) is 7.05 Å². The molecule has 0 bridgehead atoms. The molecule has 1 aliphatic rings. The summed E-state index contributed by atoms with van der Waals surface area (Å²) >= 11 is 0. The number of nitrogens with one attached hydrogen (secondary N) is 1. The van der Waals surface area contributed by atoms with Gasteiger partial charge in [-0.2, -0.15) is 0 Å². The molecule has 2 rings (SSSR count). The van der Waals surface area contributed by atoms with E-state index < -0.39 is 0 Å². The maximum Gasteiger partial charge on any atom is 0.237 e. The number of ether oxygens (including phenoxy) is 2. The highest BCUT2D eigenvalue weighted by molar-refractivity contribution is 5.24. The molecule has 1 aromatic heterocycles. The lowest BCUT2D eigenvalue weighted by Crippen LogP contribution is -2.40. The summed E-state index contributed by atoms with van der Waals surface area (Å²) in [5, 5.41) is 3.27. The molecule has 0 saturated carbocycles. The summed E-state index contributed by atoms with van der Waals surface area (Å²) in [6, 6.07) is -0.00588. The zero-order valence-electron chi connectivity index (χ0n) is 10.6. The molecule has 1 N–H and O–H groups in total. The second-order valence-electron chi connectivity index (χ2n) is 4.44. The summed E-state index contributed by atoms with van der Waals surface area (Å²) in [6.07, 6.45) is 5.41. The Labute approximate surface area is 102 Å². The molecular formula is C12H19N3O2. The maximum atomic E-state index is 5.86. The molecule has 1 fully saturated rings. The number of rotatable bonds is 4. The van der Waals surface area contributed by atoms with Crippen molar-refractivity contribution in [2.75, 3.05) is 20.8 Å². The van der Waals surface area contributed by atoms with Crippen LogP contribution in [0.5, 0.6) is 5.88 Å². The third kappa shape index (κ3) is 2.25. The van der Waals surface area contributed by atoms with Crippen LogP contribution >= 0.6 is 0 Å². The fourth-order valence-electron chi connectivity index (χ4n) is 2.45. The smallest absolute Gasteiger partial charge is 0.237 e. The van der Waals surface area contributed by atoms with E-state index in [0.717, 1.165) is 25.1 Å². The molecule has 1 saturated heterocycles. The lowest BCUT2D eigenvalue weighted by molar-refractivity contribution is -0.0123. The van der Waals surface area contributed by atoms with Gasteiger partial charge in [0, 0.05) is 19.0 Å². The zero-order chi connectivity index (χ0) is 12.3. The Morgan fingerprint density at radius 3 is 2.82 bits per heavy atom. The predicted octanol–water partition coefficient (Wildman–Crippen LogP) is 1.31. The van der Waals surface area contributed by atoms with Crippen LogP contribution in [0.2, 0.25) is 0 Å². The van der Waals surface area contributed by atoms with E-state index in [4.69, 9.17) is 9.47 Å². The lowest BCUT2D eigenvalue weighted by atomic mass is 9.90. The minimum atomic E-state index is -0.238. The summed E-state index contributed by atoms with van der Waals surface area (Å²) in [5.74, 6) is 0.559. The van der Waals surface area contributed by atoms with Gasteiger partial charge in [-0.1, -0.05) is 0 Å². The van der Waals surface area contributed by atoms with Crippen LogP contribution in [0.1, 0.15) is 31.5 Å². The SMILES string of the molecule is CNC(c1nccnc1OC)C1(C)CCCO1. The Morgan fingerprint density at radius 2 is 2.24 bits per heavy atom. The highest BCUT2D eigenvalue weighted by Crippen LogP contribution is 2.38. The molecule has 5 nitrogen and oxygen atoms in total. The van der Waals surface area contributed by atoms with Gasteiger partial charge in [-0.25, -0.2) is 4.98 Å². The van der Waals surface area contributed by atoms with Crippen LogP contribution in [0.4, 0.5) is 0 Å². The summed E-state index contributed by atoms with van der Waals surface area (Å²) in [7, 11) is 3.52. The first-order chi connectivity index (χ1) is 8.21. The summed E-state index contributed by atoms with van der Waals surface area (Å²) < 4.78 is 11.1. The van der Waals surface area contributed by atoms with Gasteiger partial charge in [0.1, 0.15) is 5.69 Å². The van der Waals surface area contributed by atoms with Crippen LogP contribution in [0.15, 0.2) is 12.4 Å². The molecule has 5 heteroatoms. The van der Waals surface area contributed by atoms with E-state index in [2.05, 4.69) is 22.2 Å². The van der Waals surface area contributed by atoms with Crippen LogP contribution in [-0.2, 0) is 4.74 Å². The molecule has 0 radical (unpaired) electrons. The molecule has 0 aromatic carbocycles. The second kappa shape index (κ2) is 4.98. The first-order valence-corrected chi connectivity index (χ1v) is 5.87. The average molecular weight is 237 g/mol. The van der Waals surface area contributed by atoms with Crippen molar-refractivity contribution in [2.45, 2.75) is 31.4 Å². The Hall–Kier alpha value is -1.20. The first-order valence-electron chi connectivity index (χ1n) is 5.87. The molecule has 17 heavy (non-hydrogen) atoms. The third-order valence-corrected chi connectivity index (χ3v) is 3.31. The van der Waals surface area contributed by atoms with Crippen LogP contribution in [0.3, 0.4) is 0 Å². The van der Waals surface area contributed by atoms with Gasteiger partial charge >= 0.3 is 0 Å². The van der Waals surface area contributed by atoms with E-state index in [-0.39, 0.29) is 11.6 Å². The minimum absolute atomic E-state index is 0.00588. The molecular weight excluding hydrogens is 218 g/mol. The molecule has 0 aliphatic carbocycles. The third-order valence-electron chi connectivity index (χ3n) is 3.31. The van der Waals surface area contributed by atoms with Gasteiger partial charge in [0.2, 0.25) is 5.88 Å². The number of likely N-dealkylation sites (N-methyl/N-ethyl adjacent to an activating group) is 1. The van der Waals surface area contributed by atoms with Gasteiger partial charge in [-0.3, -0.25) is 4.98 Å². The summed E-state index contributed by atoms with van der Waals surface area (Å²) in [6.45, 7) is 2.91. The van der Waals surface area contributed by atoms with Crippen LogP contribution in [0, 0.1) is 0 Å². The fraction of sp³-hybridized carbons (Fsp3) is 0.667. The number of nitrogens with zero attached hydrogens (tertiary/aromatic N) is 2. The predicted molar refractivity (Wildman–Crippen MR) is 64.0 cm³/mol. The second-order valence-corrected chi connectivity index (χ2v) is 4.44. The molecule has 0 amide bonds. The normalized spacial score (nSPS) is 25.8. The van der Waals surface area contributed by atoms with Gasteiger partial charge in [-0.15, -0.1) is 0 Å². The molecule has 1 aromatic rings. The van der Waals surface area contributed by atoms with Crippen molar-refractivity contribution >= 4 is 0 Å². The average Bonchev–Trinajstić information content (AvgIpc) is 2.78. The molecule has 2 atom stereocenters. The Balaban J connectivity index is 2.34. The van der Waals surface area contributed by atoms with Crippen molar-refractivity contribution < 1.29 is 9.47 Å². The van der Waals surface area contributed by atoms with Gasteiger partial charge in [-0.05, 0) is 26.8 Å². The van der Waals surface area contributed by atoms with E-state index in [0.29, 0.717) is 5.88 Å². The van der Waals surface area contributed by atoms with Crippen molar-refractivity contribution in [2.24, 2.45) is 0 Å². The van der Waals surface area contributed by atoms with Gasteiger partial charge in [0.15, 0.2) is 0 Å². The zero-order valence-corrected chi connectivity index (χ0v) is 10.6. The summed E-state index contributed by atoms with van der Waals surface area (Å²) in [5.41, 5.74) is 0.569. The largest absolute Gasteiger partial charge is 0.480 e. The van der Waals surface area contributed by atoms with Crippen molar-refractivity contribution in [3.8, 4) is 5.88 Å². The molecule has 2 heterocycles. The standard InChI is InChI=1S/C12H19N3O2/c1-12(5-4-8-17-12)10(13-2)9-11(16-3)15-7-6-14-9/h6-7,10,13H,4-5,8H2,1-3H3. The van der Waals surface area contributed by atoms with Gasteiger partial charge in [0.25, 0.3) is 0 Å². The number of hydrogen-bond donors (Lipinski definition) is 1.